The molecule has 4 N–H and O–H groups in total. The topological polar surface area (TPSA) is 158 Å². The van der Waals surface area contributed by atoms with Crippen LogP contribution < -0.4 is 10.6 Å². The monoisotopic (exact) mass is 385 g/mol. The predicted molar refractivity (Wildman–Crippen MR) is 93.8 cm³/mol. The number of amides is 2. The Balaban J connectivity index is 1.96. The molecule has 1 unspecified atom stereocenters. The predicted octanol–water partition coefficient (Wildman–Crippen LogP) is -0.189. The Morgan fingerprint density at radius 2 is 1.86 bits per heavy atom. The molecule has 11 heteroatoms. The molecule has 0 aliphatic carbocycles. The van der Waals surface area contributed by atoms with E-state index in [4.69, 9.17) is 0 Å². The molecular weight excluding hydrogens is 370 g/mol. The van der Waals surface area contributed by atoms with Gasteiger partial charge in [-0.1, -0.05) is 29.8 Å². The summed E-state index contributed by atoms with van der Waals surface area (Å²) >= 11 is 0. The molecule has 1 aromatic heterocycles. The Morgan fingerprint density at radius 1 is 1.18 bits per heavy atom. The summed E-state index contributed by atoms with van der Waals surface area (Å²) in [6.07, 6.45) is 0. The third-order valence-electron chi connectivity index (χ3n) is 4.67. The number of carbonyl (C=O) groups excluding carboxylic acids is 3. The number of ketones is 1. The number of aromatic nitrogens is 2. The average Bonchev–Trinajstić information content (AvgIpc) is 3.19. The largest absolute Gasteiger partial charge is 0.507 e. The van der Waals surface area contributed by atoms with Gasteiger partial charge in [0.2, 0.25) is 17.3 Å². The van der Waals surface area contributed by atoms with Gasteiger partial charge in [-0.25, -0.2) is 4.63 Å². The van der Waals surface area contributed by atoms with Gasteiger partial charge in [-0.05, 0) is 17.2 Å². The number of aliphatic hydroxyl groups is 2. The zero-order chi connectivity index (χ0) is 20.1. The number of aryl methyl sites for hydroxylation is 1. The summed E-state index contributed by atoms with van der Waals surface area (Å²) in [6.45, 7) is 0.993. The van der Waals surface area contributed by atoms with Crippen LogP contribution in [-0.4, -0.2) is 61.8 Å². The normalized spacial score (nSPS) is 22.9. The molecule has 1 atom stereocenters. The fourth-order valence-corrected chi connectivity index (χ4v) is 3.33. The van der Waals surface area contributed by atoms with Crippen molar-refractivity contribution in [3.05, 3.63) is 41.0 Å². The molecule has 1 saturated heterocycles. The van der Waals surface area contributed by atoms with Gasteiger partial charge in [0.15, 0.2) is 0 Å². The number of aliphatic hydroxyl groups excluding tert-OH is 2. The Hall–Kier alpha value is -3.73. The molecule has 2 aliphatic rings. The van der Waals surface area contributed by atoms with Gasteiger partial charge in [0.25, 0.3) is 17.6 Å². The molecular formula is C17H15N5O6. The van der Waals surface area contributed by atoms with Gasteiger partial charge < -0.3 is 20.8 Å². The van der Waals surface area contributed by atoms with E-state index in [1.54, 1.807) is 24.3 Å². The van der Waals surface area contributed by atoms with Crippen LogP contribution >= 0.6 is 0 Å². The van der Waals surface area contributed by atoms with Gasteiger partial charge >= 0.3 is 0 Å². The number of anilines is 2. The molecule has 28 heavy (non-hydrogen) atoms. The molecule has 0 saturated carbocycles. The first kappa shape index (κ1) is 17.7. The van der Waals surface area contributed by atoms with Crippen molar-refractivity contribution in [3.63, 3.8) is 0 Å². The Morgan fingerprint density at radius 3 is 2.54 bits per heavy atom. The van der Waals surface area contributed by atoms with Crippen molar-refractivity contribution >= 4 is 35.0 Å². The molecule has 4 rings (SSSR count). The van der Waals surface area contributed by atoms with E-state index in [1.165, 1.54) is 0 Å². The van der Waals surface area contributed by atoms with Gasteiger partial charge in [-0.3, -0.25) is 19.3 Å². The van der Waals surface area contributed by atoms with E-state index in [2.05, 4.69) is 25.6 Å². The van der Waals surface area contributed by atoms with Crippen LogP contribution in [0.25, 0.3) is 5.76 Å². The van der Waals surface area contributed by atoms with Crippen LogP contribution in [0.1, 0.15) is 11.1 Å². The van der Waals surface area contributed by atoms with Crippen LogP contribution in [0.15, 0.2) is 34.5 Å². The van der Waals surface area contributed by atoms with E-state index in [0.717, 1.165) is 10.5 Å². The third-order valence-corrected chi connectivity index (χ3v) is 4.67. The van der Waals surface area contributed by atoms with E-state index >= 15 is 0 Å². The lowest BCUT2D eigenvalue weighted by Gasteiger charge is -2.39. The van der Waals surface area contributed by atoms with Gasteiger partial charge in [-0.15, -0.1) is 0 Å². The van der Waals surface area contributed by atoms with Crippen molar-refractivity contribution in [2.75, 3.05) is 23.8 Å². The van der Waals surface area contributed by atoms with Crippen LogP contribution in [0.5, 0.6) is 0 Å². The number of β-amino-alcohol motifs (C(OH)–C–C–N with tert-alkyl or cyclic N) is 1. The molecule has 2 amide bonds. The highest BCUT2D eigenvalue weighted by atomic mass is 16.6. The van der Waals surface area contributed by atoms with Gasteiger partial charge in [0.1, 0.15) is 11.3 Å². The van der Waals surface area contributed by atoms with E-state index < -0.39 is 41.2 Å². The quantitative estimate of drug-likeness (QED) is 0.319. The smallest absolute Gasteiger partial charge is 0.297 e. The van der Waals surface area contributed by atoms with Crippen LogP contribution in [0.4, 0.5) is 11.6 Å². The van der Waals surface area contributed by atoms with E-state index in [9.17, 15) is 24.6 Å². The van der Waals surface area contributed by atoms with Gasteiger partial charge in [0.05, 0.1) is 6.61 Å². The van der Waals surface area contributed by atoms with E-state index in [-0.39, 0.29) is 23.7 Å². The molecule has 1 spiro atoms. The number of Topliss-reactive ketones (excluding diaryl/α,β-unsaturated/α-hetero) is 1. The summed E-state index contributed by atoms with van der Waals surface area (Å²) in [7, 11) is 0. The van der Waals surface area contributed by atoms with Crippen molar-refractivity contribution < 1.29 is 29.2 Å². The maximum Gasteiger partial charge on any atom is 0.297 e. The second kappa shape index (κ2) is 6.16. The fourth-order valence-electron chi connectivity index (χ4n) is 3.33. The maximum absolute atomic E-state index is 13.0. The highest BCUT2D eigenvalue weighted by Gasteiger charge is 2.63. The Labute approximate surface area is 157 Å². The van der Waals surface area contributed by atoms with Crippen molar-refractivity contribution in [1.82, 2.24) is 15.2 Å². The van der Waals surface area contributed by atoms with Gasteiger partial charge in [0, 0.05) is 12.1 Å². The highest BCUT2D eigenvalue weighted by molar-refractivity contribution is 6.49. The molecule has 11 nitrogen and oxygen atoms in total. The summed E-state index contributed by atoms with van der Waals surface area (Å²) < 4.78 is 4.57. The second-order valence-electron chi connectivity index (χ2n) is 6.35. The molecule has 2 aliphatic heterocycles. The molecule has 144 valence electrons. The third kappa shape index (κ3) is 2.29. The van der Waals surface area contributed by atoms with Crippen LogP contribution in [-0.2, 0) is 14.4 Å². The number of benzene rings is 1. The van der Waals surface area contributed by atoms with Crippen LogP contribution in [0.3, 0.4) is 0 Å². The zero-order valence-corrected chi connectivity index (χ0v) is 14.6. The number of carbonyl (C=O) groups is 3. The molecule has 3 heterocycles. The number of nitrogens with one attached hydrogen (secondary N) is 2. The molecule has 1 aromatic carbocycles. The summed E-state index contributed by atoms with van der Waals surface area (Å²) in [5.74, 6) is -3.57. The van der Waals surface area contributed by atoms with Crippen LogP contribution in [0.2, 0.25) is 0 Å². The molecule has 0 radical (unpaired) electrons. The fraction of sp³-hybridized carbons (Fsp3) is 0.235. The SMILES string of the molecule is Cc1ccc(/C(O)=C2\C(=O)C(=O)N(CCO)C23Nc2nonc2NC3=O)cc1. The Kier molecular flexibility index (Phi) is 3.89. The number of rotatable bonds is 3. The van der Waals surface area contributed by atoms with E-state index in [0.29, 0.717) is 0 Å². The number of likely N-dealkylation sites (tertiary alicyclic amines) is 1. The molecule has 0 bridgehead atoms. The first-order valence-corrected chi connectivity index (χ1v) is 8.30. The second-order valence-corrected chi connectivity index (χ2v) is 6.35. The zero-order valence-electron chi connectivity index (χ0n) is 14.6. The number of hydrogen-bond acceptors (Lipinski definition) is 9. The minimum absolute atomic E-state index is 0.0273. The van der Waals surface area contributed by atoms with Crippen molar-refractivity contribution in [2.24, 2.45) is 0 Å². The number of fused-ring (bicyclic) bond motifs is 1. The number of hydrogen-bond donors (Lipinski definition) is 4. The minimum Gasteiger partial charge on any atom is -0.507 e. The van der Waals surface area contributed by atoms with Gasteiger partial charge in [-0.2, -0.15) is 0 Å². The maximum atomic E-state index is 13.0. The molecule has 1 fully saturated rings. The van der Waals surface area contributed by atoms with Crippen LogP contribution in [0, 0.1) is 6.92 Å². The first-order valence-electron chi connectivity index (χ1n) is 8.30. The van der Waals surface area contributed by atoms with Crippen molar-refractivity contribution in [2.45, 2.75) is 12.6 Å². The standard InChI is InChI=1S/C17H15N5O6/c1-8-2-4-9(5-3-8)11(24)10-12(25)15(26)22(6-7-23)17(10)16(27)18-13-14(19-17)21-28-20-13/h2-5,23-24H,6-7H2,1H3,(H,19,21)(H,18,20,27)/b11-10-. The summed E-state index contributed by atoms with van der Waals surface area (Å²) in [5.41, 5.74) is -1.43. The number of nitrogens with zero attached hydrogens (tertiary/aromatic N) is 3. The summed E-state index contributed by atoms with van der Waals surface area (Å²) in [4.78, 5) is 39.2. The minimum atomic E-state index is -2.11. The lowest BCUT2D eigenvalue weighted by molar-refractivity contribution is -0.143. The van der Waals surface area contributed by atoms with Crippen molar-refractivity contribution in [3.8, 4) is 0 Å². The first-order chi connectivity index (χ1) is 13.4. The molecule has 2 aromatic rings. The lowest BCUT2D eigenvalue weighted by Crippen LogP contribution is -2.63. The Bertz CT molecular complexity index is 1030. The summed E-state index contributed by atoms with van der Waals surface area (Å²) in [5, 5.41) is 32.4. The van der Waals surface area contributed by atoms with E-state index in [1.807, 2.05) is 6.92 Å². The highest BCUT2D eigenvalue weighted by Crippen LogP contribution is 2.42. The lowest BCUT2D eigenvalue weighted by atomic mass is 9.92. The van der Waals surface area contributed by atoms with Crippen molar-refractivity contribution in [1.29, 1.82) is 0 Å². The average molecular weight is 385 g/mol. The summed E-state index contributed by atoms with van der Waals surface area (Å²) in [6, 6.07) is 6.53.